The van der Waals surface area contributed by atoms with Crippen LogP contribution >= 0.6 is 0 Å². The average Bonchev–Trinajstić information content (AvgIpc) is 2.92. The number of rotatable bonds is 12. The van der Waals surface area contributed by atoms with Crippen LogP contribution in [0.5, 0.6) is 5.75 Å². The average molecular weight is 570 g/mol. The second-order valence-corrected chi connectivity index (χ2v) is 11.6. The van der Waals surface area contributed by atoms with Crippen LogP contribution in [0.4, 0.5) is 10.1 Å². The molecule has 2 amide bonds. The summed E-state index contributed by atoms with van der Waals surface area (Å²) in [5, 5.41) is 2.84. The van der Waals surface area contributed by atoms with E-state index in [0.717, 1.165) is 9.87 Å². The number of nitrogens with one attached hydrogen (secondary N) is 1. The van der Waals surface area contributed by atoms with Gasteiger partial charge in [0.2, 0.25) is 11.8 Å². The molecule has 0 fully saturated rings. The Morgan fingerprint density at radius 2 is 1.65 bits per heavy atom. The van der Waals surface area contributed by atoms with E-state index in [-0.39, 0.29) is 35.5 Å². The largest absolute Gasteiger partial charge is 0.497 e. The number of nitrogens with zero attached hydrogens (tertiary/aromatic N) is 2. The molecule has 0 aromatic heterocycles. The van der Waals surface area contributed by atoms with Crippen LogP contribution < -0.4 is 14.4 Å². The highest BCUT2D eigenvalue weighted by Gasteiger charge is 2.34. The molecule has 0 aliphatic heterocycles. The zero-order valence-electron chi connectivity index (χ0n) is 23.4. The second-order valence-electron chi connectivity index (χ2n) is 9.76. The van der Waals surface area contributed by atoms with Gasteiger partial charge in [-0.3, -0.25) is 13.9 Å². The zero-order valence-corrected chi connectivity index (χ0v) is 24.2. The Labute approximate surface area is 235 Å². The Kier molecular flexibility index (Phi) is 10.3. The van der Waals surface area contributed by atoms with Crippen molar-refractivity contribution in [2.75, 3.05) is 18.0 Å². The fraction of sp³-hybridized carbons (Fsp3) is 0.333. The van der Waals surface area contributed by atoms with Crippen molar-refractivity contribution >= 4 is 27.5 Å². The number of amides is 2. The minimum atomic E-state index is -4.19. The predicted octanol–water partition coefficient (Wildman–Crippen LogP) is 4.67. The number of carbonyl (C=O) groups excluding carboxylic acids is 2. The second kappa shape index (κ2) is 13.4. The predicted molar refractivity (Wildman–Crippen MR) is 153 cm³/mol. The summed E-state index contributed by atoms with van der Waals surface area (Å²) in [7, 11) is -2.73. The van der Waals surface area contributed by atoms with Crippen molar-refractivity contribution in [1.82, 2.24) is 10.2 Å². The first-order chi connectivity index (χ1) is 19.0. The lowest BCUT2D eigenvalue weighted by atomic mass is 10.1. The third-order valence-corrected chi connectivity index (χ3v) is 8.10. The Hall–Kier alpha value is -3.92. The van der Waals surface area contributed by atoms with E-state index in [4.69, 9.17) is 4.74 Å². The molecule has 0 saturated carbocycles. The summed E-state index contributed by atoms with van der Waals surface area (Å²) in [4.78, 5) is 28.5. The summed E-state index contributed by atoms with van der Waals surface area (Å²) in [5.74, 6) is -0.963. The third kappa shape index (κ3) is 7.59. The highest BCUT2D eigenvalue weighted by atomic mass is 32.2. The third-order valence-electron chi connectivity index (χ3n) is 6.31. The first kappa shape index (κ1) is 30.6. The Bertz CT molecular complexity index is 1410. The van der Waals surface area contributed by atoms with Crippen molar-refractivity contribution in [2.24, 2.45) is 0 Å². The number of hydrogen-bond acceptors (Lipinski definition) is 5. The van der Waals surface area contributed by atoms with Crippen LogP contribution in [0.3, 0.4) is 0 Å². The molecule has 0 bridgehead atoms. The first-order valence-corrected chi connectivity index (χ1v) is 14.5. The summed E-state index contributed by atoms with van der Waals surface area (Å²) in [6.45, 7) is 6.67. The van der Waals surface area contributed by atoms with Crippen molar-refractivity contribution in [2.45, 2.75) is 57.6 Å². The van der Waals surface area contributed by atoms with Gasteiger partial charge in [-0.15, -0.1) is 0 Å². The van der Waals surface area contributed by atoms with Crippen LogP contribution in [0, 0.1) is 12.7 Å². The van der Waals surface area contributed by atoms with Gasteiger partial charge in [-0.05, 0) is 69.2 Å². The molecule has 0 saturated heterocycles. The fourth-order valence-electron chi connectivity index (χ4n) is 4.22. The SMILES string of the molecule is CC[C@@H](C(=O)NC(C)C)N(Cc1ccc(F)cc1)C(=O)CN(c1cccc(OC)c1)S(=O)(=O)c1ccc(C)cc1. The molecular weight excluding hydrogens is 533 g/mol. The monoisotopic (exact) mass is 569 g/mol. The number of halogens is 1. The quantitative estimate of drug-likeness (QED) is 0.342. The molecule has 0 aliphatic rings. The molecule has 0 aliphatic carbocycles. The number of hydrogen-bond donors (Lipinski definition) is 1. The molecule has 1 atom stereocenters. The van der Waals surface area contributed by atoms with Crippen molar-refractivity contribution in [1.29, 1.82) is 0 Å². The molecular formula is C30H36FN3O5S. The van der Waals surface area contributed by atoms with Crippen LogP contribution in [0.1, 0.15) is 38.3 Å². The summed E-state index contributed by atoms with van der Waals surface area (Å²) < 4.78 is 47.7. The van der Waals surface area contributed by atoms with Crippen LogP contribution in [-0.2, 0) is 26.2 Å². The highest BCUT2D eigenvalue weighted by molar-refractivity contribution is 7.92. The van der Waals surface area contributed by atoms with Crippen LogP contribution in [-0.4, -0.2) is 50.9 Å². The van der Waals surface area contributed by atoms with Crippen LogP contribution in [0.15, 0.2) is 77.7 Å². The number of benzene rings is 3. The number of anilines is 1. The minimum Gasteiger partial charge on any atom is -0.497 e. The molecule has 0 unspecified atom stereocenters. The maximum atomic E-state index is 14.0. The lowest BCUT2D eigenvalue weighted by Gasteiger charge is -2.33. The Balaban J connectivity index is 2.08. The first-order valence-electron chi connectivity index (χ1n) is 13.0. The van der Waals surface area contributed by atoms with Gasteiger partial charge in [0.25, 0.3) is 10.0 Å². The maximum Gasteiger partial charge on any atom is 0.264 e. The molecule has 10 heteroatoms. The number of sulfonamides is 1. The van der Waals surface area contributed by atoms with E-state index < -0.39 is 34.3 Å². The van der Waals surface area contributed by atoms with Gasteiger partial charge in [0.15, 0.2) is 0 Å². The summed E-state index contributed by atoms with van der Waals surface area (Å²) in [5.41, 5.74) is 1.71. The molecule has 8 nitrogen and oxygen atoms in total. The van der Waals surface area contributed by atoms with Gasteiger partial charge >= 0.3 is 0 Å². The van der Waals surface area contributed by atoms with E-state index >= 15 is 0 Å². The molecule has 3 aromatic rings. The normalized spacial score (nSPS) is 12.1. The molecule has 0 radical (unpaired) electrons. The van der Waals surface area contributed by atoms with E-state index in [0.29, 0.717) is 11.3 Å². The molecule has 0 spiro atoms. The summed E-state index contributed by atoms with van der Waals surface area (Å²) in [6, 6.07) is 17.3. The van der Waals surface area contributed by atoms with Gasteiger partial charge in [-0.25, -0.2) is 12.8 Å². The summed E-state index contributed by atoms with van der Waals surface area (Å²) in [6.07, 6.45) is 0.287. The van der Waals surface area contributed by atoms with E-state index in [1.165, 1.54) is 54.5 Å². The zero-order chi connectivity index (χ0) is 29.4. The van der Waals surface area contributed by atoms with Crippen molar-refractivity contribution in [3.63, 3.8) is 0 Å². The van der Waals surface area contributed by atoms with Gasteiger partial charge in [0.1, 0.15) is 24.2 Å². The number of carbonyl (C=O) groups is 2. The highest BCUT2D eigenvalue weighted by Crippen LogP contribution is 2.28. The van der Waals surface area contributed by atoms with Crippen LogP contribution in [0.25, 0.3) is 0 Å². The fourth-order valence-corrected chi connectivity index (χ4v) is 5.62. The minimum absolute atomic E-state index is 0.0142. The molecule has 214 valence electrons. The maximum absolute atomic E-state index is 14.0. The van der Waals surface area contributed by atoms with Gasteiger partial charge in [0, 0.05) is 18.7 Å². The number of methoxy groups -OCH3 is 1. The van der Waals surface area contributed by atoms with Crippen molar-refractivity contribution < 1.29 is 27.1 Å². The Morgan fingerprint density at radius 1 is 1.00 bits per heavy atom. The molecule has 0 heterocycles. The van der Waals surface area contributed by atoms with E-state index in [2.05, 4.69) is 5.32 Å². The van der Waals surface area contributed by atoms with Crippen molar-refractivity contribution in [3.8, 4) is 5.75 Å². The van der Waals surface area contributed by atoms with E-state index in [1.54, 1.807) is 37.3 Å². The van der Waals surface area contributed by atoms with Crippen LogP contribution in [0.2, 0.25) is 0 Å². The lowest BCUT2D eigenvalue weighted by Crippen LogP contribution is -2.53. The number of ether oxygens (including phenoxy) is 1. The smallest absolute Gasteiger partial charge is 0.264 e. The van der Waals surface area contributed by atoms with Gasteiger partial charge < -0.3 is 15.0 Å². The van der Waals surface area contributed by atoms with E-state index in [1.807, 2.05) is 20.8 Å². The van der Waals surface area contributed by atoms with E-state index in [9.17, 15) is 22.4 Å². The number of aryl methyl sites for hydroxylation is 1. The summed E-state index contributed by atoms with van der Waals surface area (Å²) >= 11 is 0. The lowest BCUT2D eigenvalue weighted by molar-refractivity contribution is -0.140. The van der Waals surface area contributed by atoms with Gasteiger partial charge in [-0.2, -0.15) is 0 Å². The van der Waals surface area contributed by atoms with Gasteiger partial charge in [-0.1, -0.05) is 42.8 Å². The molecule has 40 heavy (non-hydrogen) atoms. The van der Waals surface area contributed by atoms with Crippen molar-refractivity contribution in [3.05, 3.63) is 89.7 Å². The molecule has 1 N–H and O–H groups in total. The standard InChI is InChI=1S/C30H36FN3O5S/c1-6-28(30(36)32-21(2)3)33(19-23-12-14-24(31)15-13-23)29(35)20-34(25-8-7-9-26(18-25)39-5)40(37,38)27-16-10-22(4)11-17-27/h7-18,21,28H,6,19-20H2,1-5H3,(H,32,36)/t28-/m0/s1. The molecule has 3 rings (SSSR count). The Morgan fingerprint density at radius 3 is 2.23 bits per heavy atom. The van der Waals surface area contributed by atoms with Gasteiger partial charge in [0.05, 0.1) is 17.7 Å². The molecule has 3 aromatic carbocycles. The topological polar surface area (TPSA) is 96.0 Å².